The highest BCUT2D eigenvalue weighted by Gasteiger charge is 2.03. The molecule has 4 heteroatoms. The van der Waals surface area contributed by atoms with Crippen molar-refractivity contribution in [3.63, 3.8) is 0 Å². The average Bonchev–Trinajstić information content (AvgIpc) is 2.19. The van der Waals surface area contributed by atoms with Gasteiger partial charge in [0.05, 0.1) is 16.7 Å². The fourth-order valence-corrected chi connectivity index (χ4v) is 2.00. The summed E-state index contributed by atoms with van der Waals surface area (Å²) in [5, 5.41) is 10.3. The van der Waals surface area contributed by atoms with E-state index in [1.165, 1.54) is 0 Å². The third-order valence-electron chi connectivity index (χ3n) is 1.78. The summed E-state index contributed by atoms with van der Waals surface area (Å²) in [6.07, 6.45) is 0. The zero-order chi connectivity index (χ0) is 10.6. The number of hydrogen-bond acceptors (Lipinski definition) is 2. The lowest BCUT2D eigenvalue weighted by atomic mass is 10.2. The predicted molar refractivity (Wildman–Crippen MR) is 64.3 cm³/mol. The largest absolute Gasteiger partial charge is 0.395 e. The summed E-state index contributed by atoms with van der Waals surface area (Å²) in [5.74, 6) is 0.846. The highest BCUT2D eigenvalue weighted by atomic mass is 35.5. The van der Waals surface area contributed by atoms with E-state index in [4.69, 9.17) is 28.3 Å². The predicted octanol–water partition coefficient (Wildman–Crippen LogP) is 3.61. The standard InChI is InChI=1S/C10H12Cl2OS/c1-7(5-13)14-6-8-2-3-9(11)10(12)4-8/h2-4,7,13H,5-6H2,1H3. The highest BCUT2D eigenvalue weighted by molar-refractivity contribution is 7.99. The SMILES string of the molecule is CC(CO)SCc1ccc(Cl)c(Cl)c1. The van der Waals surface area contributed by atoms with Crippen molar-refractivity contribution < 1.29 is 5.11 Å². The average molecular weight is 251 g/mol. The Hall–Kier alpha value is 0.110. The molecule has 0 radical (unpaired) electrons. The van der Waals surface area contributed by atoms with Crippen molar-refractivity contribution in [2.24, 2.45) is 0 Å². The van der Waals surface area contributed by atoms with Crippen LogP contribution >= 0.6 is 35.0 Å². The van der Waals surface area contributed by atoms with E-state index in [2.05, 4.69) is 0 Å². The van der Waals surface area contributed by atoms with E-state index in [0.29, 0.717) is 10.0 Å². The molecule has 1 atom stereocenters. The van der Waals surface area contributed by atoms with Gasteiger partial charge in [0.15, 0.2) is 0 Å². The molecule has 1 N–H and O–H groups in total. The van der Waals surface area contributed by atoms with Crippen molar-refractivity contribution in [1.29, 1.82) is 0 Å². The van der Waals surface area contributed by atoms with Crippen LogP contribution < -0.4 is 0 Å². The Morgan fingerprint density at radius 2 is 2.07 bits per heavy atom. The van der Waals surface area contributed by atoms with Gasteiger partial charge < -0.3 is 5.11 Å². The van der Waals surface area contributed by atoms with Crippen molar-refractivity contribution in [3.05, 3.63) is 33.8 Å². The number of rotatable bonds is 4. The van der Waals surface area contributed by atoms with E-state index in [1.807, 2.05) is 19.1 Å². The molecule has 0 aliphatic carbocycles. The van der Waals surface area contributed by atoms with Crippen LogP contribution in [-0.4, -0.2) is 17.0 Å². The quantitative estimate of drug-likeness (QED) is 0.882. The van der Waals surface area contributed by atoms with Gasteiger partial charge in [0.2, 0.25) is 0 Å². The van der Waals surface area contributed by atoms with E-state index >= 15 is 0 Å². The van der Waals surface area contributed by atoms with Gasteiger partial charge in [-0.25, -0.2) is 0 Å². The van der Waals surface area contributed by atoms with Crippen LogP contribution in [0.15, 0.2) is 18.2 Å². The van der Waals surface area contributed by atoms with Crippen molar-refractivity contribution in [2.45, 2.75) is 17.9 Å². The molecule has 1 aromatic carbocycles. The van der Waals surface area contributed by atoms with Gasteiger partial charge >= 0.3 is 0 Å². The fourth-order valence-electron chi connectivity index (χ4n) is 0.921. The molecule has 0 aliphatic rings. The Kier molecular flexibility index (Phi) is 5.10. The van der Waals surface area contributed by atoms with E-state index in [-0.39, 0.29) is 11.9 Å². The second kappa shape index (κ2) is 5.86. The van der Waals surface area contributed by atoms with Gasteiger partial charge in [-0.05, 0) is 17.7 Å². The minimum absolute atomic E-state index is 0.200. The molecule has 1 nitrogen and oxygen atoms in total. The maximum atomic E-state index is 8.84. The third kappa shape index (κ3) is 3.70. The zero-order valence-electron chi connectivity index (χ0n) is 7.84. The molecule has 0 bridgehead atoms. The van der Waals surface area contributed by atoms with E-state index in [9.17, 15) is 0 Å². The highest BCUT2D eigenvalue weighted by Crippen LogP contribution is 2.25. The number of thioether (sulfide) groups is 1. The number of aliphatic hydroxyl groups excluding tert-OH is 1. The molecule has 14 heavy (non-hydrogen) atoms. The molecule has 0 fully saturated rings. The first-order valence-electron chi connectivity index (χ1n) is 4.30. The second-order valence-corrected chi connectivity index (χ2v) is 5.29. The van der Waals surface area contributed by atoms with Crippen LogP contribution in [0.25, 0.3) is 0 Å². The molecule has 0 heterocycles. The molecule has 1 rings (SSSR count). The van der Waals surface area contributed by atoms with Crippen LogP contribution in [0.4, 0.5) is 0 Å². The molecule has 1 aromatic rings. The van der Waals surface area contributed by atoms with Crippen LogP contribution in [0.5, 0.6) is 0 Å². The van der Waals surface area contributed by atoms with Crippen molar-refractivity contribution in [3.8, 4) is 0 Å². The summed E-state index contributed by atoms with van der Waals surface area (Å²) in [6, 6.07) is 5.61. The monoisotopic (exact) mass is 250 g/mol. The van der Waals surface area contributed by atoms with E-state index in [0.717, 1.165) is 11.3 Å². The smallest absolute Gasteiger partial charge is 0.0595 e. The second-order valence-electron chi connectivity index (χ2n) is 3.05. The Bertz CT molecular complexity index is 304. The Balaban J connectivity index is 2.55. The minimum Gasteiger partial charge on any atom is -0.395 e. The molecule has 0 aliphatic heterocycles. The molecule has 0 saturated carbocycles. The summed E-state index contributed by atoms with van der Waals surface area (Å²) in [5.41, 5.74) is 1.13. The molecular weight excluding hydrogens is 239 g/mol. The number of benzene rings is 1. The molecule has 0 spiro atoms. The van der Waals surface area contributed by atoms with Crippen molar-refractivity contribution >= 4 is 35.0 Å². The van der Waals surface area contributed by atoms with Gasteiger partial charge in [-0.1, -0.05) is 36.2 Å². The molecule has 1 unspecified atom stereocenters. The van der Waals surface area contributed by atoms with E-state index < -0.39 is 0 Å². The number of halogens is 2. The maximum Gasteiger partial charge on any atom is 0.0595 e. The number of hydrogen-bond donors (Lipinski definition) is 1. The molecule has 78 valence electrons. The summed E-state index contributed by atoms with van der Waals surface area (Å²) in [6.45, 7) is 2.19. The fraction of sp³-hybridized carbons (Fsp3) is 0.400. The summed E-state index contributed by atoms with van der Waals surface area (Å²) < 4.78 is 0. The summed E-state index contributed by atoms with van der Waals surface area (Å²) in [4.78, 5) is 0. The minimum atomic E-state index is 0.200. The Morgan fingerprint density at radius 1 is 1.36 bits per heavy atom. The first kappa shape index (κ1) is 12.2. The first-order chi connectivity index (χ1) is 6.63. The summed E-state index contributed by atoms with van der Waals surface area (Å²) >= 11 is 13.4. The van der Waals surface area contributed by atoms with E-state index in [1.54, 1.807) is 17.8 Å². The molecule has 0 amide bonds. The van der Waals surface area contributed by atoms with Crippen LogP contribution in [0, 0.1) is 0 Å². The zero-order valence-corrected chi connectivity index (χ0v) is 10.2. The lowest BCUT2D eigenvalue weighted by Crippen LogP contribution is -2.02. The normalized spacial score (nSPS) is 12.9. The lowest BCUT2D eigenvalue weighted by molar-refractivity contribution is 0.300. The van der Waals surface area contributed by atoms with Gasteiger partial charge in [-0.15, -0.1) is 0 Å². The Labute approximate surface area is 98.4 Å². The van der Waals surface area contributed by atoms with Crippen LogP contribution in [0.1, 0.15) is 12.5 Å². The molecular formula is C10H12Cl2OS. The maximum absolute atomic E-state index is 8.84. The van der Waals surface area contributed by atoms with Gasteiger partial charge in [0, 0.05) is 11.0 Å². The van der Waals surface area contributed by atoms with Gasteiger partial charge in [0.25, 0.3) is 0 Å². The lowest BCUT2D eigenvalue weighted by Gasteiger charge is -2.07. The van der Waals surface area contributed by atoms with Crippen LogP contribution in [0.2, 0.25) is 10.0 Å². The molecule has 0 saturated heterocycles. The van der Waals surface area contributed by atoms with Crippen molar-refractivity contribution in [2.75, 3.05) is 6.61 Å². The third-order valence-corrected chi connectivity index (χ3v) is 3.73. The number of aliphatic hydroxyl groups is 1. The van der Waals surface area contributed by atoms with Gasteiger partial charge in [0.1, 0.15) is 0 Å². The topological polar surface area (TPSA) is 20.2 Å². The van der Waals surface area contributed by atoms with Crippen molar-refractivity contribution in [1.82, 2.24) is 0 Å². The summed E-state index contributed by atoms with van der Waals surface area (Å²) in [7, 11) is 0. The van der Waals surface area contributed by atoms with Crippen LogP contribution in [0.3, 0.4) is 0 Å². The molecule has 0 aromatic heterocycles. The van der Waals surface area contributed by atoms with Crippen LogP contribution in [-0.2, 0) is 5.75 Å². The Morgan fingerprint density at radius 3 is 2.64 bits per heavy atom. The van der Waals surface area contributed by atoms with Gasteiger partial charge in [-0.2, -0.15) is 11.8 Å². The van der Waals surface area contributed by atoms with Gasteiger partial charge in [-0.3, -0.25) is 0 Å². The first-order valence-corrected chi connectivity index (χ1v) is 6.10.